The maximum Gasteiger partial charge on any atom is 0.198 e. The second-order valence-electron chi connectivity index (χ2n) is 6.34. The van der Waals surface area contributed by atoms with Crippen LogP contribution in [0.15, 0.2) is 42.7 Å². The van der Waals surface area contributed by atoms with Gasteiger partial charge in [-0.15, -0.1) is 0 Å². The number of benzene rings is 1. The number of anilines is 1. The van der Waals surface area contributed by atoms with Crippen LogP contribution in [0.25, 0.3) is 11.6 Å². The zero-order valence-electron chi connectivity index (χ0n) is 14.4. The second-order valence-corrected chi connectivity index (χ2v) is 6.34. The first-order valence-electron chi connectivity index (χ1n) is 8.46. The van der Waals surface area contributed by atoms with E-state index in [9.17, 15) is 0 Å². The third kappa shape index (κ3) is 3.47. The lowest BCUT2D eigenvalue weighted by Crippen LogP contribution is -2.06. The van der Waals surface area contributed by atoms with Crippen molar-refractivity contribution in [2.75, 3.05) is 12.4 Å². The Morgan fingerprint density at radius 3 is 2.64 bits per heavy atom. The van der Waals surface area contributed by atoms with Gasteiger partial charge in [-0.2, -0.15) is 0 Å². The van der Waals surface area contributed by atoms with Gasteiger partial charge < -0.3 is 14.6 Å². The van der Waals surface area contributed by atoms with Crippen molar-refractivity contribution in [2.24, 2.45) is 7.05 Å². The van der Waals surface area contributed by atoms with Crippen molar-refractivity contribution in [3.8, 4) is 17.4 Å². The SMILES string of the molecule is COc1ccc(CNc2cc(C3CC3)nc(-c3nccn3C)n2)cc1. The third-order valence-corrected chi connectivity index (χ3v) is 4.40. The van der Waals surface area contributed by atoms with Crippen molar-refractivity contribution in [3.63, 3.8) is 0 Å². The summed E-state index contributed by atoms with van der Waals surface area (Å²) in [6, 6.07) is 10.1. The molecule has 6 nitrogen and oxygen atoms in total. The Balaban J connectivity index is 1.57. The van der Waals surface area contributed by atoms with Crippen LogP contribution in [0, 0.1) is 0 Å². The summed E-state index contributed by atoms with van der Waals surface area (Å²) in [6.07, 6.45) is 6.09. The highest BCUT2D eigenvalue weighted by Crippen LogP contribution is 2.40. The molecule has 25 heavy (non-hydrogen) atoms. The molecule has 1 aliphatic carbocycles. The minimum atomic E-state index is 0.559. The highest BCUT2D eigenvalue weighted by Gasteiger charge is 2.26. The summed E-state index contributed by atoms with van der Waals surface area (Å²) >= 11 is 0. The standard InChI is InChI=1S/C19H21N5O/c1-24-10-9-20-19(24)18-22-16(14-5-6-14)11-17(23-18)21-12-13-3-7-15(25-2)8-4-13/h3-4,7-11,14H,5-6,12H2,1-2H3,(H,21,22,23). The van der Waals surface area contributed by atoms with Crippen LogP contribution in [-0.2, 0) is 13.6 Å². The van der Waals surface area contributed by atoms with Gasteiger partial charge in [-0.25, -0.2) is 15.0 Å². The molecule has 1 N–H and O–H groups in total. The summed E-state index contributed by atoms with van der Waals surface area (Å²) in [4.78, 5) is 13.8. The molecule has 0 aliphatic heterocycles. The number of hydrogen-bond acceptors (Lipinski definition) is 5. The van der Waals surface area contributed by atoms with Crippen LogP contribution in [0.5, 0.6) is 5.75 Å². The van der Waals surface area contributed by atoms with Gasteiger partial charge in [-0.05, 0) is 30.5 Å². The molecule has 1 aromatic carbocycles. The van der Waals surface area contributed by atoms with Gasteiger partial charge >= 0.3 is 0 Å². The molecule has 0 atom stereocenters. The van der Waals surface area contributed by atoms with E-state index < -0.39 is 0 Å². The van der Waals surface area contributed by atoms with Crippen LogP contribution in [-0.4, -0.2) is 26.6 Å². The molecule has 1 fully saturated rings. The summed E-state index contributed by atoms with van der Waals surface area (Å²) < 4.78 is 7.14. The Morgan fingerprint density at radius 2 is 2.00 bits per heavy atom. The first kappa shape index (κ1) is 15.6. The number of nitrogens with zero attached hydrogens (tertiary/aromatic N) is 4. The van der Waals surface area contributed by atoms with Crippen molar-refractivity contribution in [2.45, 2.75) is 25.3 Å². The Hall–Kier alpha value is -2.89. The van der Waals surface area contributed by atoms with Gasteiger partial charge in [0, 0.05) is 43.7 Å². The number of imidazole rings is 1. The zero-order valence-corrected chi connectivity index (χ0v) is 14.4. The van der Waals surface area contributed by atoms with E-state index in [-0.39, 0.29) is 0 Å². The van der Waals surface area contributed by atoms with Crippen molar-refractivity contribution < 1.29 is 4.74 Å². The molecule has 2 heterocycles. The van der Waals surface area contributed by atoms with Crippen LogP contribution in [0.1, 0.15) is 30.0 Å². The normalized spacial score (nSPS) is 13.7. The van der Waals surface area contributed by atoms with Crippen LogP contribution >= 0.6 is 0 Å². The number of hydrogen-bond donors (Lipinski definition) is 1. The second kappa shape index (κ2) is 6.55. The quantitative estimate of drug-likeness (QED) is 0.748. The minimum Gasteiger partial charge on any atom is -0.497 e. The van der Waals surface area contributed by atoms with Crippen LogP contribution in [0.3, 0.4) is 0 Å². The average molecular weight is 335 g/mol. The fourth-order valence-electron chi connectivity index (χ4n) is 2.76. The molecule has 0 spiro atoms. The van der Waals surface area contributed by atoms with Crippen LogP contribution in [0.4, 0.5) is 5.82 Å². The summed E-state index contributed by atoms with van der Waals surface area (Å²) in [5.41, 5.74) is 2.27. The van der Waals surface area contributed by atoms with Crippen molar-refractivity contribution in [3.05, 3.63) is 54.0 Å². The van der Waals surface area contributed by atoms with E-state index >= 15 is 0 Å². The van der Waals surface area contributed by atoms with Gasteiger partial charge in [0.15, 0.2) is 11.6 Å². The lowest BCUT2D eigenvalue weighted by molar-refractivity contribution is 0.414. The molecule has 6 heteroatoms. The van der Waals surface area contributed by atoms with E-state index in [0.717, 1.165) is 23.1 Å². The van der Waals surface area contributed by atoms with Gasteiger partial charge in [0.05, 0.1) is 7.11 Å². The van der Waals surface area contributed by atoms with Gasteiger partial charge in [0.2, 0.25) is 0 Å². The number of rotatable bonds is 6. The molecule has 128 valence electrons. The number of methoxy groups -OCH3 is 1. The molecule has 2 aromatic heterocycles. The summed E-state index contributed by atoms with van der Waals surface area (Å²) in [5, 5.41) is 3.41. The molecule has 0 saturated heterocycles. The Labute approximate surface area is 146 Å². The van der Waals surface area contributed by atoms with E-state index in [0.29, 0.717) is 18.3 Å². The van der Waals surface area contributed by atoms with Gasteiger partial charge in [0.25, 0.3) is 0 Å². The molecular formula is C19H21N5O. The maximum absolute atomic E-state index is 5.20. The summed E-state index contributed by atoms with van der Waals surface area (Å²) in [5.74, 6) is 3.72. The topological polar surface area (TPSA) is 64.9 Å². The molecule has 0 unspecified atom stereocenters. The predicted octanol–water partition coefficient (Wildman–Crippen LogP) is 3.38. The molecular weight excluding hydrogens is 314 g/mol. The van der Waals surface area contributed by atoms with Crippen molar-refractivity contribution in [1.82, 2.24) is 19.5 Å². The molecule has 1 saturated carbocycles. The van der Waals surface area contributed by atoms with Crippen molar-refractivity contribution in [1.29, 1.82) is 0 Å². The largest absolute Gasteiger partial charge is 0.497 e. The monoisotopic (exact) mass is 335 g/mol. The molecule has 3 aromatic rings. The molecule has 1 aliphatic rings. The van der Waals surface area contributed by atoms with E-state index in [1.807, 2.05) is 29.9 Å². The van der Waals surface area contributed by atoms with E-state index in [1.54, 1.807) is 13.3 Å². The fourth-order valence-corrected chi connectivity index (χ4v) is 2.76. The Bertz CT molecular complexity index is 868. The summed E-state index contributed by atoms with van der Waals surface area (Å²) in [6.45, 7) is 0.700. The number of aromatic nitrogens is 4. The predicted molar refractivity (Wildman–Crippen MR) is 96.5 cm³/mol. The third-order valence-electron chi connectivity index (χ3n) is 4.40. The summed E-state index contributed by atoms with van der Waals surface area (Å²) in [7, 11) is 3.63. The van der Waals surface area contributed by atoms with Gasteiger partial charge in [-0.1, -0.05) is 12.1 Å². The number of ether oxygens (including phenoxy) is 1. The van der Waals surface area contributed by atoms with Crippen LogP contribution in [0.2, 0.25) is 0 Å². The highest BCUT2D eigenvalue weighted by molar-refractivity contribution is 5.51. The number of nitrogens with one attached hydrogen (secondary N) is 1. The first-order chi connectivity index (χ1) is 12.2. The fraction of sp³-hybridized carbons (Fsp3) is 0.316. The van der Waals surface area contributed by atoms with Gasteiger partial charge in [0.1, 0.15) is 11.6 Å². The lowest BCUT2D eigenvalue weighted by Gasteiger charge is -2.10. The van der Waals surface area contributed by atoms with Crippen LogP contribution < -0.4 is 10.1 Å². The first-order valence-corrected chi connectivity index (χ1v) is 8.46. The molecule has 0 amide bonds. The number of aryl methyl sites for hydroxylation is 1. The Morgan fingerprint density at radius 1 is 1.20 bits per heavy atom. The molecule has 0 radical (unpaired) electrons. The molecule has 4 rings (SSSR count). The van der Waals surface area contributed by atoms with E-state index in [1.165, 1.54) is 18.4 Å². The van der Waals surface area contributed by atoms with Gasteiger partial charge in [-0.3, -0.25) is 0 Å². The maximum atomic E-state index is 5.20. The van der Waals surface area contributed by atoms with E-state index in [2.05, 4.69) is 33.5 Å². The highest BCUT2D eigenvalue weighted by atomic mass is 16.5. The minimum absolute atomic E-state index is 0.559. The van der Waals surface area contributed by atoms with E-state index in [4.69, 9.17) is 9.72 Å². The van der Waals surface area contributed by atoms with Crippen molar-refractivity contribution >= 4 is 5.82 Å². The lowest BCUT2D eigenvalue weighted by atomic mass is 10.2. The molecule has 0 bridgehead atoms. The Kier molecular flexibility index (Phi) is 4.09. The zero-order chi connectivity index (χ0) is 17.2. The average Bonchev–Trinajstić information content (AvgIpc) is 3.41. The smallest absolute Gasteiger partial charge is 0.198 e.